The second kappa shape index (κ2) is 8.08. The van der Waals surface area contributed by atoms with Gasteiger partial charge in [-0.05, 0) is 17.7 Å². The molecule has 0 aliphatic heterocycles. The van der Waals surface area contributed by atoms with Crippen LogP contribution in [0, 0.1) is 0 Å². The Morgan fingerprint density at radius 1 is 1.00 bits per heavy atom. The van der Waals surface area contributed by atoms with Gasteiger partial charge in [0.05, 0.1) is 5.56 Å². The van der Waals surface area contributed by atoms with Crippen LogP contribution in [0.3, 0.4) is 0 Å². The first kappa shape index (κ1) is 19.3. The van der Waals surface area contributed by atoms with Crippen LogP contribution in [0.25, 0.3) is 11.4 Å². The molecule has 0 aliphatic carbocycles. The molecule has 28 heavy (non-hydrogen) atoms. The predicted molar refractivity (Wildman–Crippen MR) is 96.4 cm³/mol. The summed E-state index contributed by atoms with van der Waals surface area (Å²) in [5.41, 5.74) is 1.82. The van der Waals surface area contributed by atoms with Gasteiger partial charge in [-0.15, -0.1) is 13.2 Å². The first-order valence-corrected chi connectivity index (χ1v) is 8.29. The maximum atomic E-state index is 12.5. The third-order valence-electron chi connectivity index (χ3n) is 3.85. The molecular weight excluding hydrogens is 371 g/mol. The second-order valence-electron chi connectivity index (χ2n) is 6.01. The fraction of sp³-hybridized carbons (Fsp3) is 0.150. The molecule has 1 aromatic heterocycles. The number of amides is 1. The van der Waals surface area contributed by atoms with E-state index in [2.05, 4.69) is 14.7 Å². The lowest BCUT2D eigenvalue weighted by atomic mass is 10.2. The Labute approximate surface area is 159 Å². The van der Waals surface area contributed by atoms with E-state index in [1.807, 2.05) is 30.3 Å². The summed E-state index contributed by atoms with van der Waals surface area (Å²) in [5.74, 6) is -0.0922. The molecule has 3 aromatic rings. The zero-order chi connectivity index (χ0) is 20.1. The summed E-state index contributed by atoms with van der Waals surface area (Å²) in [6, 6.07) is 14.7. The highest BCUT2D eigenvalue weighted by Crippen LogP contribution is 2.23. The molecule has 2 aromatic carbocycles. The summed E-state index contributed by atoms with van der Waals surface area (Å²) >= 11 is 0. The molecule has 3 rings (SSSR count). The Morgan fingerprint density at radius 2 is 1.61 bits per heavy atom. The summed E-state index contributed by atoms with van der Waals surface area (Å²) in [4.78, 5) is 22.4. The Kier molecular flexibility index (Phi) is 5.58. The van der Waals surface area contributed by atoms with E-state index >= 15 is 0 Å². The van der Waals surface area contributed by atoms with Crippen molar-refractivity contribution in [2.24, 2.45) is 0 Å². The molecule has 0 saturated heterocycles. The van der Waals surface area contributed by atoms with Gasteiger partial charge in [-0.2, -0.15) is 0 Å². The summed E-state index contributed by atoms with van der Waals surface area (Å²) in [5, 5.41) is 0. The van der Waals surface area contributed by atoms with Gasteiger partial charge >= 0.3 is 6.36 Å². The SMILES string of the molecule is CN(Cc1ccc(OC(F)(F)F)cc1)C(=O)c1cnc(-c2ccccc2)nc1. The van der Waals surface area contributed by atoms with E-state index in [9.17, 15) is 18.0 Å². The topological polar surface area (TPSA) is 55.3 Å². The number of hydrogen-bond donors (Lipinski definition) is 0. The van der Waals surface area contributed by atoms with E-state index in [1.54, 1.807) is 7.05 Å². The number of carbonyl (C=O) groups excluding carboxylic acids is 1. The molecule has 0 atom stereocenters. The molecule has 0 unspecified atom stereocenters. The third kappa shape index (κ3) is 5.06. The number of ether oxygens (including phenoxy) is 1. The van der Waals surface area contributed by atoms with E-state index < -0.39 is 6.36 Å². The number of benzene rings is 2. The van der Waals surface area contributed by atoms with Gasteiger partial charge in [0.1, 0.15) is 5.75 Å². The monoisotopic (exact) mass is 387 g/mol. The van der Waals surface area contributed by atoms with Crippen LogP contribution in [-0.4, -0.2) is 34.2 Å². The molecular formula is C20H16F3N3O2. The minimum atomic E-state index is -4.74. The van der Waals surface area contributed by atoms with E-state index in [4.69, 9.17) is 0 Å². The standard InChI is InChI=1S/C20H16F3N3O2/c1-26(13-14-7-9-17(10-8-14)28-20(21,22)23)19(27)16-11-24-18(25-12-16)15-5-3-2-4-6-15/h2-12H,13H2,1H3. The summed E-state index contributed by atoms with van der Waals surface area (Å²) in [6.45, 7) is 0.214. The van der Waals surface area contributed by atoms with Crippen LogP contribution in [0.5, 0.6) is 5.75 Å². The number of halogens is 3. The van der Waals surface area contributed by atoms with Crippen molar-refractivity contribution in [2.75, 3.05) is 7.05 Å². The third-order valence-corrected chi connectivity index (χ3v) is 3.85. The molecule has 1 heterocycles. The summed E-state index contributed by atoms with van der Waals surface area (Å²) in [7, 11) is 1.59. The van der Waals surface area contributed by atoms with E-state index in [0.29, 0.717) is 17.0 Å². The van der Waals surface area contributed by atoms with Crippen molar-refractivity contribution in [3.8, 4) is 17.1 Å². The molecule has 0 aliphatic rings. The van der Waals surface area contributed by atoms with Gasteiger partial charge < -0.3 is 9.64 Å². The average Bonchev–Trinajstić information content (AvgIpc) is 2.68. The lowest BCUT2D eigenvalue weighted by Crippen LogP contribution is -2.26. The van der Waals surface area contributed by atoms with Crippen LogP contribution in [-0.2, 0) is 6.54 Å². The fourth-order valence-electron chi connectivity index (χ4n) is 2.54. The van der Waals surface area contributed by atoms with Gasteiger partial charge in [0.2, 0.25) is 0 Å². The van der Waals surface area contributed by atoms with E-state index in [1.165, 1.54) is 41.6 Å². The molecule has 5 nitrogen and oxygen atoms in total. The molecule has 0 bridgehead atoms. The fourth-order valence-corrected chi connectivity index (χ4v) is 2.54. The molecule has 8 heteroatoms. The zero-order valence-electron chi connectivity index (χ0n) is 14.8. The van der Waals surface area contributed by atoms with Crippen LogP contribution in [0.15, 0.2) is 67.0 Å². The zero-order valence-corrected chi connectivity index (χ0v) is 14.8. The van der Waals surface area contributed by atoms with Crippen molar-refractivity contribution in [3.05, 3.63) is 78.1 Å². The highest BCUT2D eigenvalue weighted by molar-refractivity contribution is 5.93. The minimum Gasteiger partial charge on any atom is -0.406 e. The number of carbonyl (C=O) groups is 1. The van der Waals surface area contributed by atoms with Crippen molar-refractivity contribution in [3.63, 3.8) is 0 Å². The van der Waals surface area contributed by atoms with Gasteiger partial charge in [-0.1, -0.05) is 42.5 Å². The highest BCUT2D eigenvalue weighted by Gasteiger charge is 2.31. The molecule has 0 spiro atoms. The first-order valence-electron chi connectivity index (χ1n) is 8.29. The molecule has 0 N–H and O–H groups in total. The Hall–Kier alpha value is -3.42. The normalized spacial score (nSPS) is 11.1. The highest BCUT2D eigenvalue weighted by atomic mass is 19.4. The van der Waals surface area contributed by atoms with Gasteiger partial charge in [0, 0.05) is 31.5 Å². The number of nitrogens with zero attached hydrogens (tertiary/aromatic N) is 3. The van der Waals surface area contributed by atoms with Gasteiger partial charge in [-0.3, -0.25) is 4.79 Å². The van der Waals surface area contributed by atoms with Crippen LogP contribution in [0.1, 0.15) is 15.9 Å². The Balaban J connectivity index is 1.64. The van der Waals surface area contributed by atoms with Gasteiger partial charge in [-0.25, -0.2) is 9.97 Å². The summed E-state index contributed by atoms with van der Waals surface area (Å²) < 4.78 is 40.4. The van der Waals surface area contributed by atoms with Crippen molar-refractivity contribution < 1.29 is 22.7 Å². The van der Waals surface area contributed by atoms with Crippen LogP contribution in [0.2, 0.25) is 0 Å². The van der Waals surface area contributed by atoms with Crippen molar-refractivity contribution in [2.45, 2.75) is 12.9 Å². The average molecular weight is 387 g/mol. The maximum Gasteiger partial charge on any atom is 0.573 e. The number of hydrogen-bond acceptors (Lipinski definition) is 4. The van der Waals surface area contributed by atoms with Crippen LogP contribution < -0.4 is 4.74 Å². The molecule has 0 radical (unpaired) electrons. The lowest BCUT2D eigenvalue weighted by Gasteiger charge is -2.17. The van der Waals surface area contributed by atoms with Crippen molar-refractivity contribution in [1.82, 2.24) is 14.9 Å². The molecule has 0 fully saturated rings. The van der Waals surface area contributed by atoms with Crippen LogP contribution in [0.4, 0.5) is 13.2 Å². The maximum absolute atomic E-state index is 12.5. The van der Waals surface area contributed by atoms with Crippen molar-refractivity contribution >= 4 is 5.91 Å². The largest absolute Gasteiger partial charge is 0.573 e. The number of alkyl halides is 3. The van der Waals surface area contributed by atoms with Gasteiger partial charge in [0.15, 0.2) is 5.82 Å². The number of aromatic nitrogens is 2. The van der Waals surface area contributed by atoms with Gasteiger partial charge in [0.25, 0.3) is 5.91 Å². The Bertz CT molecular complexity index is 928. The minimum absolute atomic E-state index is 0.214. The van der Waals surface area contributed by atoms with E-state index in [0.717, 1.165) is 5.56 Å². The molecule has 0 saturated carbocycles. The molecule has 144 valence electrons. The number of rotatable bonds is 5. The molecule has 1 amide bonds. The smallest absolute Gasteiger partial charge is 0.406 e. The second-order valence-corrected chi connectivity index (χ2v) is 6.01. The first-order chi connectivity index (χ1) is 13.3. The van der Waals surface area contributed by atoms with Crippen LogP contribution >= 0.6 is 0 Å². The summed E-state index contributed by atoms with van der Waals surface area (Å²) in [6.07, 6.45) is -1.83. The van der Waals surface area contributed by atoms with E-state index in [-0.39, 0.29) is 18.2 Å². The Morgan fingerprint density at radius 3 is 2.18 bits per heavy atom. The quantitative estimate of drug-likeness (QED) is 0.655. The van der Waals surface area contributed by atoms with Crippen molar-refractivity contribution in [1.29, 1.82) is 0 Å². The predicted octanol–water partition coefficient (Wildman–Crippen LogP) is 4.31. The lowest BCUT2D eigenvalue weighted by molar-refractivity contribution is -0.274.